The van der Waals surface area contributed by atoms with E-state index in [1.807, 2.05) is 11.4 Å². The van der Waals surface area contributed by atoms with E-state index in [-0.39, 0.29) is 12.4 Å². The minimum absolute atomic E-state index is 0. The molecule has 92 valence electrons. The highest BCUT2D eigenvalue weighted by Gasteiger charge is 2.23. The number of nitrogens with zero attached hydrogens (tertiary/aromatic N) is 2. The van der Waals surface area contributed by atoms with Crippen LogP contribution >= 0.6 is 39.7 Å². The minimum atomic E-state index is 0. The predicted octanol–water partition coefficient (Wildman–Crippen LogP) is 3.06. The van der Waals surface area contributed by atoms with Gasteiger partial charge in [-0.25, -0.2) is 0 Å². The number of aromatic nitrogens is 2. The molecule has 1 saturated heterocycles. The predicted molar refractivity (Wildman–Crippen MR) is 72.8 cm³/mol. The molecule has 7 heteroatoms. The van der Waals surface area contributed by atoms with Gasteiger partial charge in [0.2, 0.25) is 11.7 Å². The molecule has 1 aliphatic heterocycles. The zero-order valence-corrected chi connectivity index (χ0v) is 12.1. The highest BCUT2D eigenvalue weighted by atomic mass is 79.9. The fraction of sp³-hybridized carbons (Fsp3) is 0.400. The summed E-state index contributed by atoms with van der Waals surface area (Å²) >= 11 is 5.03. The molecular formula is C10H11BrClN3OS. The first-order valence-corrected chi connectivity index (χ1v) is 6.79. The number of rotatable bonds is 2. The smallest absolute Gasteiger partial charge is 0.231 e. The van der Waals surface area contributed by atoms with Crippen LogP contribution in [-0.2, 0) is 0 Å². The highest BCUT2D eigenvalue weighted by Crippen LogP contribution is 2.29. The molecule has 0 radical (unpaired) electrons. The second-order valence-electron chi connectivity index (χ2n) is 3.78. The minimum Gasteiger partial charge on any atom is -0.339 e. The molecule has 2 aromatic heterocycles. The van der Waals surface area contributed by atoms with E-state index in [1.165, 1.54) is 0 Å². The van der Waals surface area contributed by atoms with Crippen LogP contribution in [0.2, 0.25) is 0 Å². The summed E-state index contributed by atoms with van der Waals surface area (Å²) in [6.07, 6.45) is 1.08. The highest BCUT2D eigenvalue weighted by molar-refractivity contribution is 9.10. The lowest BCUT2D eigenvalue weighted by molar-refractivity contribution is 0.359. The monoisotopic (exact) mass is 335 g/mol. The van der Waals surface area contributed by atoms with Crippen molar-refractivity contribution in [3.63, 3.8) is 0 Å². The van der Waals surface area contributed by atoms with Gasteiger partial charge in [-0.3, -0.25) is 0 Å². The fourth-order valence-corrected chi connectivity index (χ4v) is 3.15. The third-order valence-electron chi connectivity index (χ3n) is 2.64. The zero-order valence-electron chi connectivity index (χ0n) is 8.85. The summed E-state index contributed by atoms with van der Waals surface area (Å²) in [5, 5.41) is 9.33. The topological polar surface area (TPSA) is 51.0 Å². The van der Waals surface area contributed by atoms with Crippen LogP contribution in [0.1, 0.15) is 18.2 Å². The number of hydrogen-bond donors (Lipinski definition) is 1. The van der Waals surface area contributed by atoms with Crippen molar-refractivity contribution in [1.29, 1.82) is 0 Å². The molecule has 2 aromatic rings. The van der Waals surface area contributed by atoms with Crippen molar-refractivity contribution in [3.05, 3.63) is 21.8 Å². The van der Waals surface area contributed by atoms with Crippen molar-refractivity contribution in [1.82, 2.24) is 15.5 Å². The van der Waals surface area contributed by atoms with E-state index in [9.17, 15) is 0 Å². The Morgan fingerprint density at radius 1 is 1.53 bits per heavy atom. The van der Waals surface area contributed by atoms with Crippen molar-refractivity contribution < 1.29 is 4.52 Å². The lowest BCUT2D eigenvalue weighted by atomic mass is 10.1. The maximum absolute atomic E-state index is 5.30. The molecule has 0 unspecified atom stereocenters. The third kappa shape index (κ3) is 2.70. The van der Waals surface area contributed by atoms with Gasteiger partial charge >= 0.3 is 0 Å². The molecule has 1 aliphatic rings. The van der Waals surface area contributed by atoms with Gasteiger partial charge in [0.15, 0.2) is 0 Å². The van der Waals surface area contributed by atoms with Crippen molar-refractivity contribution >= 4 is 39.7 Å². The molecular weight excluding hydrogens is 326 g/mol. The van der Waals surface area contributed by atoms with Crippen LogP contribution in [0.4, 0.5) is 0 Å². The van der Waals surface area contributed by atoms with Crippen LogP contribution < -0.4 is 5.32 Å². The number of hydrogen-bond acceptors (Lipinski definition) is 5. The summed E-state index contributed by atoms with van der Waals surface area (Å²) in [6, 6.07) is 2.01. The second kappa shape index (κ2) is 5.48. The van der Waals surface area contributed by atoms with E-state index >= 15 is 0 Å². The van der Waals surface area contributed by atoms with Crippen LogP contribution in [0.15, 0.2) is 20.4 Å². The van der Waals surface area contributed by atoms with E-state index < -0.39 is 0 Å². The first-order valence-electron chi connectivity index (χ1n) is 5.11. The fourth-order valence-electron chi connectivity index (χ4n) is 1.80. The molecule has 0 aliphatic carbocycles. The molecule has 0 saturated carbocycles. The van der Waals surface area contributed by atoms with E-state index in [0.717, 1.165) is 34.8 Å². The lowest BCUT2D eigenvalue weighted by Crippen LogP contribution is -2.08. The Labute approximate surface area is 117 Å². The van der Waals surface area contributed by atoms with Crippen molar-refractivity contribution in [2.45, 2.75) is 12.3 Å². The van der Waals surface area contributed by atoms with Gasteiger partial charge in [0.25, 0.3) is 0 Å². The quantitative estimate of drug-likeness (QED) is 0.916. The number of halogens is 2. The van der Waals surface area contributed by atoms with Gasteiger partial charge in [0.1, 0.15) is 0 Å². The summed E-state index contributed by atoms with van der Waals surface area (Å²) in [7, 11) is 0. The first kappa shape index (κ1) is 13.0. The van der Waals surface area contributed by atoms with Crippen molar-refractivity contribution in [2.75, 3.05) is 13.1 Å². The van der Waals surface area contributed by atoms with Crippen LogP contribution in [0.3, 0.4) is 0 Å². The Balaban J connectivity index is 0.00000108. The van der Waals surface area contributed by atoms with Crippen molar-refractivity contribution in [3.8, 4) is 10.7 Å². The second-order valence-corrected chi connectivity index (χ2v) is 5.60. The Kier molecular flexibility index (Phi) is 4.19. The van der Waals surface area contributed by atoms with E-state index in [4.69, 9.17) is 4.52 Å². The molecule has 3 rings (SSSR count). The summed E-state index contributed by atoms with van der Waals surface area (Å²) < 4.78 is 6.36. The first-order chi connectivity index (χ1) is 7.83. The van der Waals surface area contributed by atoms with Crippen molar-refractivity contribution in [2.24, 2.45) is 0 Å². The molecule has 3 heterocycles. The summed E-state index contributed by atoms with van der Waals surface area (Å²) in [6.45, 7) is 1.97. The van der Waals surface area contributed by atoms with Gasteiger partial charge in [-0.2, -0.15) is 4.98 Å². The normalized spacial score (nSPS) is 19.2. The Bertz CT molecular complexity index is 495. The number of nitrogens with one attached hydrogen (secondary N) is 1. The average molecular weight is 337 g/mol. The van der Waals surface area contributed by atoms with Gasteiger partial charge < -0.3 is 9.84 Å². The van der Waals surface area contributed by atoms with E-state index in [0.29, 0.717) is 11.7 Å². The summed E-state index contributed by atoms with van der Waals surface area (Å²) in [5.74, 6) is 1.83. The molecule has 1 N–H and O–H groups in total. The van der Waals surface area contributed by atoms with Crippen LogP contribution in [0.25, 0.3) is 10.7 Å². The summed E-state index contributed by atoms with van der Waals surface area (Å²) in [4.78, 5) is 5.48. The molecule has 0 amide bonds. The van der Waals surface area contributed by atoms with Crippen LogP contribution in [0.5, 0.6) is 0 Å². The molecule has 4 nitrogen and oxygen atoms in total. The Hall–Kier alpha value is -0.430. The third-order valence-corrected chi connectivity index (χ3v) is 4.33. The maximum Gasteiger partial charge on any atom is 0.231 e. The maximum atomic E-state index is 5.30. The van der Waals surface area contributed by atoms with Gasteiger partial charge in [-0.1, -0.05) is 5.16 Å². The van der Waals surface area contributed by atoms with Gasteiger partial charge in [-0.15, -0.1) is 23.7 Å². The van der Waals surface area contributed by atoms with E-state index in [2.05, 4.69) is 31.4 Å². The Morgan fingerprint density at radius 3 is 3.06 bits per heavy atom. The molecule has 1 fully saturated rings. The van der Waals surface area contributed by atoms with E-state index in [1.54, 1.807) is 11.3 Å². The molecule has 0 aromatic carbocycles. The average Bonchev–Trinajstić information content (AvgIpc) is 2.97. The zero-order chi connectivity index (χ0) is 11.0. The Morgan fingerprint density at radius 2 is 2.41 bits per heavy atom. The van der Waals surface area contributed by atoms with Gasteiger partial charge in [0, 0.05) is 16.4 Å². The van der Waals surface area contributed by atoms with Gasteiger partial charge in [-0.05, 0) is 35.0 Å². The molecule has 1 atom stereocenters. The molecule has 0 spiro atoms. The number of thiophene rings is 1. The van der Waals surface area contributed by atoms with Gasteiger partial charge in [0.05, 0.1) is 10.8 Å². The molecule has 0 bridgehead atoms. The van der Waals surface area contributed by atoms with Crippen LogP contribution in [0, 0.1) is 0 Å². The SMILES string of the molecule is Brc1csc(-c2noc([C@H]3CCNC3)n2)c1.Cl. The lowest BCUT2D eigenvalue weighted by Gasteiger charge is -1.98. The molecule has 17 heavy (non-hydrogen) atoms. The van der Waals surface area contributed by atoms with Crippen LogP contribution in [-0.4, -0.2) is 23.2 Å². The standard InChI is InChI=1S/C10H10BrN3OS.ClH/c11-7-3-8(16-5-7)9-13-10(15-14-9)6-1-2-12-4-6;/h3,5-6,12H,1-2,4H2;1H/t6-;/m0./s1. The summed E-state index contributed by atoms with van der Waals surface area (Å²) in [5.41, 5.74) is 0. The largest absolute Gasteiger partial charge is 0.339 e.